The van der Waals surface area contributed by atoms with Crippen LogP contribution in [0.3, 0.4) is 0 Å². The molecule has 5 rings (SSSR count). The number of alkyl halides is 3. The summed E-state index contributed by atoms with van der Waals surface area (Å²) in [5.41, 5.74) is 3.72. The highest BCUT2D eigenvalue weighted by atomic mass is 35.5. The molecule has 4 atom stereocenters. The predicted molar refractivity (Wildman–Crippen MR) is 143 cm³/mol. The average Bonchev–Trinajstić information content (AvgIpc) is 3.31. The molecule has 0 saturated carbocycles. The van der Waals surface area contributed by atoms with Gasteiger partial charge in [0.15, 0.2) is 0 Å². The van der Waals surface area contributed by atoms with Crippen LogP contribution in [0.25, 0.3) is 0 Å². The van der Waals surface area contributed by atoms with E-state index in [2.05, 4.69) is 72.4 Å². The molecule has 1 amide bonds. The Kier molecular flexibility index (Phi) is 8.85. The summed E-state index contributed by atoms with van der Waals surface area (Å²) in [4.78, 5) is 30.0. The number of pyridine rings is 1. The Morgan fingerprint density at radius 2 is 1.80 bits per heavy atom. The van der Waals surface area contributed by atoms with Gasteiger partial charge in [0.05, 0.1) is 18.5 Å². The SMILES string of the molecule is CC(C)(C)C1CC(c2ccccc2)CCN1C(=O)[C@@H]1C[NH2+]C[C@]12CCCc1nc(Cl)ccc12.O=C([O-])C(F)(F)F. The smallest absolute Gasteiger partial charge is 0.430 e. The van der Waals surface area contributed by atoms with Crippen LogP contribution < -0.4 is 10.4 Å². The molecule has 2 saturated heterocycles. The zero-order chi connectivity index (χ0) is 29.3. The fraction of sp³-hybridized carbons (Fsp3) is 0.567. The van der Waals surface area contributed by atoms with Crippen molar-refractivity contribution in [2.75, 3.05) is 19.6 Å². The summed E-state index contributed by atoms with van der Waals surface area (Å²) >= 11 is 6.23. The number of nitrogens with zero attached hydrogens (tertiary/aromatic N) is 2. The number of carbonyl (C=O) groups excluding carboxylic acids is 2. The molecule has 218 valence electrons. The topological polar surface area (TPSA) is 89.9 Å². The molecule has 2 aromatic rings. The van der Waals surface area contributed by atoms with E-state index in [1.165, 1.54) is 11.1 Å². The number of halogens is 4. The number of carboxylic acids is 1. The molecule has 2 fully saturated rings. The second-order valence-corrected chi connectivity index (χ2v) is 12.6. The molecule has 1 spiro atoms. The standard InChI is InChI=1S/C28H36ClN3O.C2HF3O2/c1-27(2,3)24-16-20(19-8-5-4-6-9-19)13-15-32(24)26(33)22-17-30-18-28(22)14-7-10-23-21(28)11-12-25(29)31-23;3-2(4,5)1(6)7/h4-6,8-9,11-12,20,22,24,30H,7,10,13-18H2,1-3H3;(H,6,7)/t20?,22-,24?,28-;/m0./s1. The minimum absolute atomic E-state index is 0.0117. The number of aromatic nitrogens is 1. The molecule has 10 heteroatoms. The third kappa shape index (κ3) is 6.30. The number of carboxylic acid groups (broad SMARTS) is 1. The first-order valence-corrected chi connectivity index (χ1v) is 14.2. The Balaban J connectivity index is 0.000000470. The number of aliphatic carboxylic acids is 1. The molecular formula is C30H37ClF3N3O3. The Bertz CT molecular complexity index is 1220. The summed E-state index contributed by atoms with van der Waals surface area (Å²) in [5, 5.41) is 11.7. The number of piperidine rings is 1. The Hall–Kier alpha value is -2.65. The van der Waals surface area contributed by atoms with Gasteiger partial charge in [0.25, 0.3) is 0 Å². The van der Waals surface area contributed by atoms with Crippen molar-refractivity contribution in [2.45, 2.75) is 76.4 Å². The summed E-state index contributed by atoms with van der Waals surface area (Å²) in [5.74, 6) is -2.12. The number of rotatable bonds is 2. The quantitative estimate of drug-likeness (QED) is 0.550. The number of carbonyl (C=O) groups is 2. The summed E-state index contributed by atoms with van der Waals surface area (Å²) in [6, 6.07) is 15.2. The van der Waals surface area contributed by atoms with Gasteiger partial charge in [0, 0.05) is 18.3 Å². The molecule has 1 aromatic heterocycles. The lowest BCUT2D eigenvalue weighted by molar-refractivity contribution is -0.640. The molecule has 6 nitrogen and oxygen atoms in total. The number of amides is 1. The van der Waals surface area contributed by atoms with Gasteiger partial charge in [-0.1, -0.05) is 68.8 Å². The number of likely N-dealkylation sites (tertiary alicyclic amines) is 1. The van der Waals surface area contributed by atoms with E-state index in [-0.39, 0.29) is 22.8 Å². The molecule has 40 heavy (non-hydrogen) atoms. The summed E-state index contributed by atoms with van der Waals surface area (Å²) in [7, 11) is 0. The first-order chi connectivity index (χ1) is 18.7. The molecule has 1 aromatic carbocycles. The van der Waals surface area contributed by atoms with Crippen LogP contribution in [0.2, 0.25) is 5.15 Å². The number of benzene rings is 1. The second kappa shape index (κ2) is 11.7. The molecule has 0 radical (unpaired) electrons. The zero-order valence-corrected chi connectivity index (χ0v) is 23.9. The highest BCUT2D eigenvalue weighted by molar-refractivity contribution is 6.29. The van der Waals surface area contributed by atoms with E-state index in [9.17, 15) is 18.0 Å². The normalized spacial score (nSPS) is 26.6. The predicted octanol–water partition coefficient (Wildman–Crippen LogP) is 3.62. The van der Waals surface area contributed by atoms with Crippen molar-refractivity contribution in [1.29, 1.82) is 0 Å². The monoisotopic (exact) mass is 579 g/mol. The van der Waals surface area contributed by atoms with Crippen LogP contribution >= 0.6 is 11.6 Å². The maximum atomic E-state index is 14.3. The molecule has 3 heterocycles. The van der Waals surface area contributed by atoms with Crippen LogP contribution in [-0.2, 0) is 21.4 Å². The van der Waals surface area contributed by atoms with Crippen molar-refractivity contribution in [3.8, 4) is 0 Å². The fourth-order valence-corrected chi connectivity index (χ4v) is 7.05. The van der Waals surface area contributed by atoms with Crippen LogP contribution in [-0.4, -0.2) is 53.6 Å². The fourth-order valence-electron chi connectivity index (χ4n) is 6.89. The molecule has 1 aliphatic carbocycles. The maximum absolute atomic E-state index is 14.3. The van der Waals surface area contributed by atoms with Crippen molar-refractivity contribution in [3.63, 3.8) is 0 Å². The lowest BCUT2D eigenvalue weighted by Gasteiger charge is -2.48. The zero-order valence-electron chi connectivity index (χ0n) is 23.1. The van der Waals surface area contributed by atoms with E-state index in [1.807, 2.05) is 6.07 Å². The maximum Gasteiger partial charge on any atom is 0.430 e. The molecule has 2 N–H and O–H groups in total. The number of fused-ring (bicyclic) bond motifs is 2. The van der Waals surface area contributed by atoms with Crippen molar-refractivity contribution in [2.24, 2.45) is 11.3 Å². The number of aryl methyl sites for hydroxylation is 1. The van der Waals surface area contributed by atoms with Crippen molar-refractivity contribution in [1.82, 2.24) is 9.88 Å². The van der Waals surface area contributed by atoms with E-state index in [1.54, 1.807) is 0 Å². The van der Waals surface area contributed by atoms with E-state index >= 15 is 0 Å². The minimum Gasteiger partial charge on any atom is -0.542 e. The number of hydrogen-bond acceptors (Lipinski definition) is 4. The van der Waals surface area contributed by atoms with Gasteiger partial charge < -0.3 is 20.1 Å². The Labute approximate surface area is 238 Å². The van der Waals surface area contributed by atoms with Gasteiger partial charge in [-0.25, -0.2) is 4.98 Å². The van der Waals surface area contributed by atoms with Gasteiger partial charge >= 0.3 is 6.18 Å². The van der Waals surface area contributed by atoms with E-state index in [0.29, 0.717) is 17.0 Å². The molecular weight excluding hydrogens is 543 g/mol. The minimum atomic E-state index is -5.19. The Morgan fingerprint density at radius 3 is 2.42 bits per heavy atom. The summed E-state index contributed by atoms with van der Waals surface area (Å²) < 4.78 is 31.5. The van der Waals surface area contributed by atoms with Gasteiger partial charge in [0.1, 0.15) is 17.0 Å². The van der Waals surface area contributed by atoms with Gasteiger partial charge in [-0.3, -0.25) is 4.79 Å². The summed E-state index contributed by atoms with van der Waals surface area (Å²) in [6.07, 6.45) is -0.00474. The molecule has 2 aliphatic heterocycles. The first kappa shape index (κ1) is 30.3. The van der Waals surface area contributed by atoms with Crippen LogP contribution in [0.4, 0.5) is 13.2 Å². The third-order valence-corrected chi connectivity index (χ3v) is 8.99. The van der Waals surface area contributed by atoms with Crippen LogP contribution in [0.1, 0.15) is 69.2 Å². The second-order valence-electron chi connectivity index (χ2n) is 12.2. The first-order valence-electron chi connectivity index (χ1n) is 13.8. The van der Waals surface area contributed by atoms with Crippen molar-refractivity contribution < 1.29 is 33.2 Å². The number of quaternary nitrogens is 1. The molecule has 3 aliphatic rings. The van der Waals surface area contributed by atoms with E-state index < -0.39 is 12.1 Å². The van der Waals surface area contributed by atoms with E-state index in [4.69, 9.17) is 21.5 Å². The highest BCUT2D eigenvalue weighted by Crippen LogP contribution is 2.46. The van der Waals surface area contributed by atoms with Crippen molar-refractivity contribution in [3.05, 3.63) is 64.4 Å². The van der Waals surface area contributed by atoms with Crippen molar-refractivity contribution >= 4 is 23.5 Å². The largest absolute Gasteiger partial charge is 0.542 e. The van der Waals surface area contributed by atoms with Crippen LogP contribution in [0.5, 0.6) is 0 Å². The Morgan fingerprint density at radius 1 is 1.12 bits per heavy atom. The van der Waals surface area contributed by atoms with Gasteiger partial charge in [-0.05, 0) is 60.6 Å². The average molecular weight is 580 g/mol. The third-order valence-electron chi connectivity index (χ3n) is 8.78. The van der Waals surface area contributed by atoms with Gasteiger partial charge in [0.2, 0.25) is 5.91 Å². The molecule has 2 unspecified atom stereocenters. The van der Waals surface area contributed by atoms with Crippen LogP contribution in [0, 0.1) is 11.3 Å². The summed E-state index contributed by atoms with van der Waals surface area (Å²) in [6.45, 7) is 9.58. The van der Waals surface area contributed by atoms with Gasteiger partial charge in [-0.2, -0.15) is 13.2 Å². The van der Waals surface area contributed by atoms with E-state index in [0.717, 1.165) is 57.4 Å². The lowest BCUT2D eigenvalue weighted by Crippen LogP contribution is -2.82. The number of nitrogens with two attached hydrogens (primary N) is 1. The molecule has 0 bridgehead atoms. The van der Waals surface area contributed by atoms with Gasteiger partial charge in [-0.15, -0.1) is 0 Å². The highest BCUT2D eigenvalue weighted by Gasteiger charge is 2.55. The van der Waals surface area contributed by atoms with Crippen LogP contribution in [0.15, 0.2) is 42.5 Å². The number of hydrogen-bond donors (Lipinski definition) is 1. The lowest BCUT2D eigenvalue weighted by atomic mass is 9.64.